The molecule has 0 bridgehead atoms. The number of hydrogen-bond acceptors (Lipinski definition) is 2. The van der Waals surface area contributed by atoms with Gasteiger partial charge in [-0.25, -0.2) is 0 Å². The zero-order valence-corrected chi connectivity index (χ0v) is 11.0. The van der Waals surface area contributed by atoms with Crippen LogP contribution in [0.15, 0.2) is 24.3 Å². The summed E-state index contributed by atoms with van der Waals surface area (Å²) in [5.41, 5.74) is 2.30. The molecule has 1 aliphatic heterocycles. The van der Waals surface area contributed by atoms with Gasteiger partial charge in [0, 0.05) is 11.5 Å². The van der Waals surface area contributed by atoms with E-state index < -0.39 is 0 Å². The zero-order valence-electron chi connectivity index (χ0n) is 11.0. The first-order valence-corrected chi connectivity index (χ1v) is 7.10. The molecule has 2 heteroatoms. The van der Waals surface area contributed by atoms with E-state index >= 15 is 0 Å². The lowest BCUT2D eigenvalue weighted by molar-refractivity contribution is 0.0854. The Bertz CT molecular complexity index is 429. The molecule has 0 spiro atoms. The van der Waals surface area contributed by atoms with Gasteiger partial charge in [-0.15, -0.1) is 0 Å². The van der Waals surface area contributed by atoms with Crippen molar-refractivity contribution in [2.75, 3.05) is 13.1 Å². The number of rotatable bonds is 4. The summed E-state index contributed by atoms with van der Waals surface area (Å²) < 4.78 is 0. The number of ketones is 1. The quantitative estimate of drug-likeness (QED) is 0.824. The van der Waals surface area contributed by atoms with Crippen molar-refractivity contribution in [3.63, 3.8) is 0 Å². The fraction of sp³-hybridized carbons (Fsp3) is 0.562. The van der Waals surface area contributed by atoms with Gasteiger partial charge in [-0.3, -0.25) is 4.79 Å². The second-order valence-electron chi connectivity index (χ2n) is 5.82. The van der Waals surface area contributed by atoms with E-state index in [1.807, 2.05) is 12.1 Å². The lowest BCUT2D eigenvalue weighted by atomic mass is 9.79. The summed E-state index contributed by atoms with van der Waals surface area (Å²) in [6.07, 6.45) is 3.99. The Kier molecular flexibility index (Phi) is 3.21. The Labute approximate surface area is 109 Å². The molecule has 1 aromatic rings. The molecule has 1 atom stereocenters. The van der Waals surface area contributed by atoms with E-state index in [4.69, 9.17) is 0 Å². The average molecular weight is 243 g/mol. The van der Waals surface area contributed by atoms with Crippen molar-refractivity contribution in [1.29, 1.82) is 0 Å². The van der Waals surface area contributed by atoms with E-state index in [0.717, 1.165) is 24.6 Å². The highest BCUT2D eigenvalue weighted by atomic mass is 16.1. The summed E-state index contributed by atoms with van der Waals surface area (Å²) in [5, 5.41) is 3.24. The van der Waals surface area contributed by atoms with Gasteiger partial charge in [0.2, 0.25) is 0 Å². The van der Waals surface area contributed by atoms with Crippen molar-refractivity contribution in [3.8, 4) is 0 Å². The monoisotopic (exact) mass is 243 g/mol. The van der Waals surface area contributed by atoms with Crippen LogP contribution in [0.1, 0.15) is 48.0 Å². The molecule has 18 heavy (non-hydrogen) atoms. The third-order valence-corrected chi connectivity index (χ3v) is 4.71. The number of hydrogen-bond donors (Lipinski definition) is 1. The molecular formula is C16H21NO. The molecule has 2 fully saturated rings. The van der Waals surface area contributed by atoms with Gasteiger partial charge in [0.05, 0.1) is 0 Å². The van der Waals surface area contributed by atoms with Gasteiger partial charge in [-0.05, 0) is 43.3 Å². The molecule has 1 heterocycles. The van der Waals surface area contributed by atoms with E-state index in [9.17, 15) is 4.79 Å². The second-order valence-corrected chi connectivity index (χ2v) is 5.82. The van der Waals surface area contributed by atoms with Crippen LogP contribution in [-0.4, -0.2) is 18.9 Å². The predicted molar refractivity (Wildman–Crippen MR) is 72.9 cm³/mol. The van der Waals surface area contributed by atoms with Crippen LogP contribution >= 0.6 is 0 Å². The van der Waals surface area contributed by atoms with Crippen LogP contribution in [0.5, 0.6) is 0 Å². The number of benzene rings is 1. The van der Waals surface area contributed by atoms with Crippen molar-refractivity contribution in [2.24, 2.45) is 11.8 Å². The lowest BCUT2D eigenvalue weighted by Crippen LogP contribution is -2.47. The minimum Gasteiger partial charge on any atom is -0.316 e. The van der Waals surface area contributed by atoms with Gasteiger partial charge in [0.1, 0.15) is 0 Å². The number of carbonyl (C=O) groups excluding carboxylic acids is 1. The van der Waals surface area contributed by atoms with Crippen LogP contribution in [0.25, 0.3) is 0 Å². The minimum absolute atomic E-state index is 0.154. The fourth-order valence-electron chi connectivity index (χ4n) is 2.80. The van der Waals surface area contributed by atoms with Crippen molar-refractivity contribution < 1.29 is 4.79 Å². The van der Waals surface area contributed by atoms with Gasteiger partial charge in [0.25, 0.3) is 0 Å². The van der Waals surface area contributed by atoms with Crippen LogP contribution in [0.2, 0.25) is 0 Å². The number of carbonyl (C=O) groups is 1. The van der Waals surface area contributed by atoms with Crippen LogP contribution in [0, 0.1) is 11.8 Å². The first-order chi connectivity index (χ1) is 8.75. The molecule has 2 nitrogen and oxygen atoms in total. The van der Waals surface area contributed by atoms with Gasteiger partial charge in [0.15, 0.2) is 5.78 Å². The van der Waals surface area contributed by atoms with Crippen molar-refractivity contribution in [1.82, 2.24) is 5.32 Å². The van der Waals surface area contributed by atoms with Gasteiger partial charge >= 0.3 is 0 Å². The highest BCUT2D eigenvalue weighted by molar-refractivity contribution is 5.97. The summed E-state index contributed by atoms with van der Waals surface area (Å²) in [7, 11) is 0. The molecule has 1 aromatic carbocycles. The molecule has 2 aliphatic rings. The maximum atomic E-state index is 12.3. The number of nitrogens with one attached hydrogen (secondary N) is 1. The third kappa shape index (κ3) is 2.10. The normalized spacial score (nSPS) is 22.1. The summed E-state index contributed by atoms with van der Waals surface area (Å²) >= 11 is 0. The van der Waals surface area contributed by atoms with E-state index in [2.05, 4.69) is 24.4 Å². The molecule has 0 amide bonds. The molecule has 1 saturated heterocycles. The van der Waals surface area contributed by atoms with Crippen molar-refractivity contribution in [3.05, 3.63) is 35.4 Å². The maximum Gasteiger partial charge on any atom is 0.166 e. The van der Waals surface area contributed by atoms with Crippen LogP contribution in [0.4, 0.5) is 0 Å². The van der Waals surface area contributed by atoms with Gasteiger partial charge in [-0.1, -0.05) is 37.6 Å². The van der Waals surface area contributed by atoms with E-state index in [1.54, 1.807) is 0 Å². The van der Waals surface area contributed by atoms with Crippen molar-refractivity contribution >= 4 is 5.78 Å². The summed E-state index contributed by atoms with van der Waals surface area (Å²) in [5.74, 6) is 1.74. The summed E-state index contributed by atoms with van der Waals surface area (Å²) in [6, 6.07) is 8.36. The molecule has 0 radical (unpaired) electrons. The van der Waals surface area contributed by atoms with Crippen molar-refractivity contribution in [2.45, 2.75) is 32.1 Å². The summed E-state index contributed by atoms with van der Waals surface area (Å²) in [6.45, 7) is 4.05. The fourth-order valence-corrected chi connectivity index (χ4v) is 2.80. The molecular weight excluding hydrogens is 222 g/mol. The molecule has 1 N–H and O–H groups in total. The Morgan fingerprint density at radius 3 is 2.33 bits per heavy atom. The molecule has 3 rings (SSSR count). The Balaban J connectivity index is 1.69. The Morgan fingerprint density at radius 1 is 1.22 bits per heavy atom. The smallest absolute Gasteiger partial charge is 0.166 e. The molecule has 1 aliphatic carbocycles. The Hall–Kier alpha value is -1.15. The van der Waals surface area contributed by atoms with Gasteiger partial charge < -0.3 is 5.32 Å². The van der Waals surface area contributed by atoms with Gasteiger partial charge in [-0.2, -0.15) is 0 Å². The minimum atomic E-state index is 0.154. The highest BCUT2D eigenvalue weighted by Crippen LogP contribution is 2.36. The second kappa shape index (κ2) is 4.85. The van der Waals surface area contributed by atoms with Crippen LogP contribution < -0.4 is 5.32 Å². The lowest BCUT2D eigenvalue weighted by Gasteiger charge is -2.32. The largest absolute Gasteiger partial charge is 0.316 e. The molecule has 1 saturated carbocycles. The van der Waals surface area contributed by atoms with E-state index in [-0.39, 0.29) is 5.92 Å². The summed E-state index contributed by atoms with van der Waals surface area (Å²) in [4.78, 5) is 12.3. The molecule has 96 valence electrons. The topological polar surface area (TPSA) is 29.1 Å². The Morgan fingerprint density at radius 2 is 1.89 bits per heavy atom. The standard InChI is InChI=1S/C16H21NO/c1-11(15-9-17-10-15)16(18)14-7-5-13(6-8-14)12-3-2-4-12/h5-8,11-12,15,17H,2-4,9-10H2,1H3. The maximum absolute atomic E-state index is 12.3. The van der Waals surface area contributed by atoms with Crippen LogP contribution in [-0.2, 0) is 0 Å². The van der Waals surface area contributed by atoms with E-state index in [1.165, 1.54) is 24.8 Å². The third-order valence-electron chi connectivity index (χ3n) is 4.71. The SMILES string of the molecule is CC(C(=O)c1ccc(C2CCC2)cc1)C1CNC1. The highest BCUT2D eigenvalue weighted by Gasteiger charge is 2.29. The van der Waals surface area contributed by atoms with E-state index in [0.29, 0.717) is 11.7 Å². The molecule has 1 unspecified atom stereocenters. The zero-order chi connectivity index (χ0) is 12.5. The number of Topliss-reactive ketones (excluding diaryl/α,β-unsaturated/α-hetero) is 1. The average Bonchev–Trinajstić information content (AvgIpc) is 2.24. The first kappa shape index (κ1) is 11.9. The predicted octanol–water partition coefficient (Wildman–Crippen LogP) is 2.99. The molecule has 0 aromatic heterocycles. The van der Waals surface area contributed by atoms with Crippen LogP contribution in [0.3, 0.4) is 0 Å². The first-order valence-electron chi connectivity index (χ1n) is 7.10.